The number of methoxy groups -OCH3 is 1. The molecule has 146 valence electrons. The first-order valence-corrected chi connectivity index (χ1v) is 10.8. The number of allylic oxidation sites excluding steroid dienone is 1. The van der Waals surface area contributed by atoms with Crippen LogP contribution in [0.25, 0.3) is 26.8 Å². The Hall–Kier alpha value is -2.86. The second kappa shape index (κ2) is 8.66. The van der Waals surface area contributed by atoms with Gasteiger partial charge >= 0.3 is 0 Å². The van der Waals surface area contributed by atoms with E-state index in [1.54, 1.807) is 7.11 Å². The van der Waals surface area contributed by atoms with Crippen LogP contribution in [0.2, 0.25) is 0 Å². The van der Waals surface area contributed by atoms with Gasteiger partial charge in [-0.15, -0.1) is 11.3 Å². The average molecular weight is 423 g/mol. The normalized spacial score (nSPS) is 12.3. The summed E-state index contributed by atoms with van der Waals surface area (Å²) in [5, 5.41) is 21.5. The monoisotopic (exact) mass is 422 g/mol. The van der Waals surface area contributed by atoms with Crippen molar-refractivity contribution in [2.45, 2.75) is 11.7 Å². The minimum absolute atomic E-state index is 0.00176. The molecule has 0 aliphatic carbocycles. The van der Waals surface area contributed by atoms with E-state index in [-0.39, 0.29) is 17.1 Å². The third-order valence-corrected chi connectivity index (χ3v) is 6.43. The van der Waals surface area contributed by atoms with Gasteiger partial charge in [-0.3, -0.25) is 0 Å². The number of ether oxygens (including phenoxy) is 1. The summed E-state index contributed by atoms with van der Waals surface area (Å²) in [6.07, 6.45) is 0. The summed E-state index contributed by atoms with van der Waals surface area (Å²) in [7, 11) is 1.66. The molecule has 0 atom stereocenters. The molecule has 0 unspecified atom stereocenters. The Kier molecular flexibility index (Phi) is 5.81. The Morgan fingerprint density at radius 3 is 2.69 bits per heavy atom. The van der Waals surface area contributed by atoms with Crippen molar-refractivity contribution in [1.82, 2.24) is 14.5 Å². The standard InChI is InChI=1S/C21H18N4O2S2/c1-27-11-10-25-17-8-4-2-6-15(17)24-21(25)28-13-18(26)14(12-22)20-23-16-7-3-5-9-19(16)29-20/h2-9,26H,10-11,13H2,1H3/b18-14-. The number of hydrogen-bond donors (Lipinski definition) is 1. The van der Waals surface area contributed by atoms with Crippen LogP contribution < -0.4 is 0 Å². The van der Waals surface area contributed by atoms with Crippen molar-refractivity contribution >= 4 is 49.9 Å². The Labute approximate surface area is 176 Å². The first-order chi connectivity index (χ1) is 14.2. The first-order valence-electron chi connectivity index (χ1n) is 8.96. The van der Waals surface area contributed by atoms with Gasteiger partial charge in [-0.05, 0) is 24.3 Å². The lowest BCUT2D eigenvalue weighted by molar-refractivity contribution is 0.186. The molecule has 0 saturated heterocycles. The number of imidazole rings is 1. The molecular formula is C21H18N4O2S2. The molecule has 0 amide bonds. The third-order valence-electron chi connectivity index (χ3n) is 4.38. The fraction of sp³-hybridized carbons (Fsp3) is 0.190. The van der Waals surface area contributed by atoms with E-state index < -0.39 is 0 Å². The fourth-order valence-corrected chi connectivity index (χ4v) is 4.88. The lowest BCUT2D eigenvalue weighted by Crippen LogP contribution is -2.06. The van der Waals surface area contributed by atoms with Crippen LogP contribution in [0.4, 0.5) is 0 Å². The Balaban J connectivity index is 1.62. The molecule has 0 radical (unpaired) electrons. The van der Waals surface area contributed by atoms with Gasteiger partial charge in [-0.25, -0.2) is 9.97 Å². The van der Waals surface area contributed by atoms with Crippen molar-refractivity contribution in [2.75, 3.05) is 19.5 Å². The van der Waals surface area contributed by atoms with Gasteiger partial charge in [0.05, 0.1) is 33.6 Å². The highest BCUT2D eigenvalue weighted by Crippen LogP contribution is 2.31. The summed E-state index contributed by atoms with van der Waals surface area (Å²) in [6.45, 7) is 1.22. The van der Waals surface area contributed by atoms with Crippen molar-refractivity contribution in [3.05, 3.63) is 59.3 Å². The summed E-state index contributed by atoms with van der Waals surface area (Å²) in [4.78, 5) is 9.16. The van der Waals surface area contributed by atoms with E-state index in [1.807, 2.05) is 48.5 Å². The Morgan fingerprint density at radius 1 is 1.17 bits per heavy atom. The quantitative estimate of drug-likeness (QED) is 0.260. The highest BCUT2D eigenvalue weighted by molar-refractivity contribution is 7.99. The van der Waals surface area contributed by atoms with E-state index in [2.05, 4.69) is 20.6 Å². The number of rotatable bonds is 7. The second-order valence-electron chi connectivity index (χ2n) is 6.24. The van der Waals surface area contributed by atoms with Gasteiger partial charge in [0.1, 0.15) is 22.4 Å². The van der Waals surface area contributed by atoms with Gasteiger partial charge in [0, 0.05) is 13.7 Å². The molecule has 6 nitrogen and oxygen atoms in total. The van der Waals surface area contributed by atoms with E-state index in [4.69, 9.17) is 4.74 Å². The zero-order chi connectivity index (χ0) is 20.2. The SMILES string of the molecule is COCCn1c(SC/C(O)=C(\C#N)c2nc3ccccc3s2)nc2ccccc21. The van der Waals surface area contributed by atoms with Crippen molar-refractivity contribution in [2.24, 2.45) is 0 Å². The lowest BCUT2D eigenvalue weighted by Gasteiger charge is -2.08. The van der Waals surface area contributed by atoms with E-state index in [0.29, 0.717) is 18.2 Å². The maximum Gasteiger partial charge on any atom is 0.169 e. The molecule has 0 saturated carbocycles. The van der Waals surface area contributed by atoms with E-state index in [0.717, 1.165) is 26.4 Å². The van der Waals surface area contributed by atoms with Crippen LogP contribution in [-0.4, -0.2) is 39.1 Å². The van der Waals surface area contributed by atoms with Gasteiger partial charge in [-0.2, -0.15) is 5.26 Å². The first kappa shape index (κ1) is 19.5. The van der Waals surface area contributed by atoms with Gasteiger partial charge < -0.3 is 14.4 Å². The molecule has 0 fully saturated rings. The minimum atomic E-state index is 0.00176. The van der Waals surface area contributed by atoms with Gasteiger partial charge in [-0.1, -0.05) is 36.0 Å². The highest BCUT2D eigenvalue weighted by Gasteiger charge is 2.16. The van der Waals surface area contributed by atoms with Crippen LogP contribution in [0, 0.1) is 11.3 Å². The maximum atomic E-state index is 10.6. The minimum Gasteiger partial charge on any atom is -0.510 e. The zero-order valence-corrected chi connectivity index (χ0v) is 17.3. The van der Waals surface area contributed by atoms with Gasteiger partial charge in [0.15, 0.2) is 5.16 Å². The molecule has 8 heteroatoms. The van der Waals surface area contributed by atoms with Crippen LogP contribution in [-0.2, 0) is 11.3 Å². The Morgan fingerprint density at radius 2 is 1.93 bits per heavy atom. The van der Waals surface area contributed by atoms with Crippen molar-refractivity contribution < 1.29 is 9.84 Å². The number of hydrogen-bond acceptors (Lipinski definition) is 7. The van der Waals surface area contributed by atoms with Crippen molar-refractivity contribution in [3.8, 4) is 6.07 Å². The summed E-state index contributed by atoms with van der Waals surface area (Å²) >= 11 is 2.79. The Bertz CT molecular complexity index is 1200. The van der Waals surface area contributed by atoms with E-state index >= 15 is 0 Å². The second-order valence-corrected chi connectivity index (χ2v) is 8.21. The summed E-state index contributed by atoms with van der Waals surface area (Å²) in [5.74, 6) is 0.233. The topological polar surface area (TPSA) is 84.0 Å². The maximum absolute atomic E-state index is 10.6. The lowest BCUT2D eigenvalue weighted by atomic mass is 10.2. The molecule has 2 heterocycles. The van der Waals surface area contributed by atoms with Crippen molar-refractivity contribution in [1.29, 1.82) is 5.26 Å². The molecule has 0 aliphatic rings. The number of benzene rings is 2. The third kappa shape index (κ3) is 3.98. The molecule has 4 rings (SSSR count). The predicted molar refractivity (Wildman–Crippen MR) is 117 cm³/mol. The molecule has 0 bridgehead atoms. The number of aliphatic hydroxyl groups excluding tert-OH is 1. The van der Waals surface area contributed by atoms with Crippen molar-refractivity contribution in [3.63, 3.8) is 0 Å². The summed E-state index contributed by atoms with van der Waals surface area (Å²) < 4.78 is 8.27. The number of aliphatic hydroxyl groups is 1. The van der Waals surface area contributed by atoms with Gasteiger partial charge in [0.2, 0.25) is 0 Å². The number of thioether (sulfide) groups is 1. The van der Waals surface area contributed by atoms with Crippen LogP contribution >= 0.6 is 23.1 Å². The van der Waals surface area contributed by atoms with Gasteiger partial charge in [0.25, 0.3) is 0 Å². The summed E-state index contributed by atoms with van der Waals surface area (Å²) in [5.41, 5.74) is 2.93. The molecule has 0 aliphatic heterocycles. The smallest absolute Gasteiger partial charge is 0.169 e. The van der Waals surface area contributed by atoms with E-state index in [9.17, 15) is 10.4 Å². The highest BCUT2D eigenvalue weighted by atomic mass is 32.2. The molecule has 1 N–H and O–H groups in total. The van der Waals surface area contributed by atoms with Crippen LogP contribution in [0.3, 0.4) is 0 Å². The predicted octanol–water partition coefficient (Wildman–Crippen LogP) is 4.88. The molecule has 2 aromatic carbocycles. The van der Waals surface area contributed by atoms with Crippen LogP contribution in [0.5, 0.6) is 0 Å². The number of nitriles is 1. The number of thiazole rings is 1. The van der Waals surface area contributed by atoms with Crippen LogP contribution in [0.15, 0.2) is 59.4 Å². The largest absolute Gasteiger partial charge is 0.510 e. The number of para-hydroxylation sites is 3. The molecule has 4 aromatic rings. The van der Waals surface area contributed by atoms with Crippen LogP contribution in [0.1, 0.15) is 5.01 Å². The molecule has 0 spiro atoms. The zero-order valence-electron chi connectivity index (χ0n) is 15.7. The molecule has 29 heavy (non-hydrogen) atoms. The molecular weight excluding hydrogens is 404 g/mol. The average Bonchev–Trinajstić information content (AvgIpc) is 3.32. The van der Waals surface area contributed by atoms with E-state index in [1.165, 1.54) is 23.1 Å². The fourth-order valence-electron chi connectivity index (χ4n) is 2.98. The molecule has 2 aromatic heterocycles. The summed E-state index contributed by atoms with van der Waals surface area (Å²) in [6, 6.07) is 17.7. The number of nitrogens with zero attached hydrogens (tertiary/aromatic N) is 4. The number of fused-ring (bicyclic) bond motifs is 2. The number of aromatic nitrogens is 3.